The molecule has 372 valence electrons. The van der Waals surface area contributed by atoms with Crippen molar-refractivity contribution in [2.75, 3.05) is 18.5 Å². The van der Waals surface area contributed by atoms with Crippen molar-refractivity contribution in [2.45, 2.75) is 132 Å². The van der Waals surface area contributed by atoms with E-state index in [1.54, 1.807) is 48.5 Å². The molecule has 0 fully saturated rings. The number of nitrogens with zero attached hydrogens (tertiary/aromatic N) is 1. The maximum absolute atomic E-state index is 14.5. The Labute approximate surface area is 403 Å². The highest BCUT2D eigenvalue weighted by Crippen LogP contribution is 2.51. The zero-order valence-electron chi connectivity index (χ0n) is 40.9. The molecule has 4 amide bonds. The van der Waals surface area contributed by atoms with Crippen molar-refractivity contribution in [3.8, 4) is 0 Å². The minimum Gasteiger partial charge on any atom is -0.438 e. The number of carbonyl (C=O) groups is 7. The molecule has 0 saturated heterocycles. The number of primary amides is 1. The molecule has 17 nitrogen and oxygen atoms in total. The van der Waals surface area contributed by atoms with E-state index in [0.717, 1.165) is 23.1 Å². The molecule has 0 aromatic heterocycles. The normalized spacial score (nSPS) is 17.0. The van der Waals surface area contributed by atoms with Gasteiger partial charge in [0, 0.05) is 24.5 Å². The standard InChI is InChI=1S/C51H65N4O13P/c1-10-33-14-16-34(17-15-33)28-64-32(3)39(24-25-42(52)56)54-45(58)41-27-38-13-11-12-36-22-23-40(46(59)55(41)44(36)38)53-43(57)26-31(2)35-18-20-37(21-19-35)47(60)69(63,67-29-65-48(61)50(4,5)6)68-30-66-49(62)51(7,8)9/h11-21,26,32,39-41H,10,22-25,27-30H2,1-9H3,(H2,52,56)(H,53,57)(H,54,58)/b31-26+/t32-,39+,40+,41+/m1/s1. The number of allylic oxidation sites excluding steroid dienone is 1. The smallest absolute Gasteiger partial charge is 0.407 e. The van der Waals surface area contributed by atoms with Gasteiger partial charge in [0.05, 0.1) is 35.3 Å². The SMILES string of the molecule is CCc1ccc(CO[C@H](C)[C@H](CCC(N)=O)NC(=O)[C@@H]2Cc3cccc4c3N2C(=O)[C@@H](NC(=O)/C=C(\C)c2ccc(C(=O)P(=O)(OCOC(=O)C(C)(C)C)OCOC(=O)C(C)(C)C)cc2)CC4)cc1. The fourth-order valence-corrected chi connectivity index (χ4v) is 8.76. The van der Waals surface area contributed by atoms with E-state index in [4.69, 9.17) is 29.0 Å². The average molecular weight is 973 g/mol. The summed E-state index contributed by atoms with van der Waals surface area (Å²) < 4.78 is 40.6. The second-order valence-corrected chi connectivity index (χ2v) is 21.2. The minimum absolute atomic E-state index is 0.00660. The number of esters is 2. The number of nitrogens with two attached hydrogens (primary N) is 1. The van der Waals surface area contributed by atoms with E-state index in [9.17, 15) is 38.1 Å². The highest BCUT2D eigenvalue weighted by atomic mass is 31.2. The topological polar surface area (TPSA) is 236 Å². The predicted molar refractivity (Wildman–Crippen MR) is 257 cm³/mol. The fourth-order valence-electron chi connectivity index (χ4n) is 7.60. The van der Waals surface area contributed by atoms with Gasteiger partial charge in [-0.1, -0.05) is 73.7 Å². The molecular weight excluding hydrogens is 908 g/mol. The summed E-state index contributed by atoms with van der Waals surface area (Å²) in [4.78, 5) is 94.0. The van der Waals surface area contributed by atoms with Crippen LogP contribution in [0.15, 0.2) is 72.8 Å². The molecule has 0 aliphatic carbocycles. The van der Waals surface area contributed by atoms with Crippen LogP contribution in [0.25, 0.3) is 5.57 Å². The zero-order valence-corrected chi connectivity index (χ0v) is 41.8. The summed E-state index contributed by atoms with van der Waals surface area (Å²) >= 11 is 0. The molecule has 0 unspecified atom stereocenters. The molecular formula is C51H65N4O13P. The number of ether oxygens (including phenoxy) is 3. The second kappa shape index (κ2) is 23.1. The summed E-state index contributed by atoms with van der Waals surface area (Å²) in [6, 6.07) is 16.8. The van der Waals surface area contributed by atoms with E-state index < -0.39 is 97.3 Å². The lowest BCUT2D eigenvalue weighted by Gasteiger charge is -2.31. The molecule has 3 aromatic carbocycles. The number of hydrogen-bond acceptors (Lipinski definition) is 13. The number of amides is 4. The van der Waals surface area contributed by atoms with E-state index >= 15 is 0 Å². The molecule has 5 rings (SSSR count). The summed E-state index contributed by atoms with van der Waals surface area (Å²) in [5, 5.41) is 5.90. The van der Waals surface area contributed by atoms with Gasteiger partial charge >= 0.3 is 19.5 Å². The van der Waals surface area contributed by atoms with Crippen LogP contribution in [-0.4, -0.2) is 78.9 Å². The number of hydrogen-bond donors (Lipinski definition) is 3. The Hall–Kier alpha value is -6.00. The highest BCUT2D eigenvalue weighted by molar-refractivity contribution is 7.72. The Kier molecular flexibility index (Phi) is 18.0. The van der Waals surface area contributed by atoms with Crippen LogP contribution >= 0.6 is 7.60 Å². The van der Waals surface area contributed by atoms with Gasteiger partial charge < -0.3 is 30.6 Å². The summed E-state index contributed by atoms with van der Waals surface area (Å²) in [5.74, 6) is -3.37. The number of carbonyl (C=O) groups excluding carboxylic acids is 7. The Balaban J connectivity index is 1.28. The van der Waals surface area contributed by atoms with Crippen molar-refractivity contribution < 1.29 is 61.4 Å². The van der Waals surface area contributed by atoms with Gasteiger partial charge in [-0.25, -0.2) is 0 Å². The van der Waals surface area contributed by atoms with Crippen LogP contribution in [0.5, 0.6) is 0 Å². The third kappa shape index (κ3) is 14.3. The maximum atomic E-state index is 14.5. The van der Waals surface area contributed by atoms with Gasteiger partial charge in [0.2, 0.25) is 37.2 Å². The molecule has 0 bridgehead atoms. The third-order valence-corrected chi connectivity index (χ3v) is 13.4. The Morgan fingerprint density at radius 3 is 1.97 bits per heavy atom. The van der Waals surface area contributed by atoms with Crippen molar-refractivity contribution in [2.24, 2.45) is 16.6 Å². The number of nitrogens with one attached hydrogen (secondary N) is 2. The quantitative estimate of drug-likeness (QED) is 0.0429. The van der Waals surface area contributed by atoms with E-state index in [1.165, 1.54) is 40.8 Å². The van der Waals surface area contributed by atoms with Gasteiger partial charge in [-0.15, -0.1) is 0 Å². The van der Waals surface area contributed by atoms with Crippen molar-refractivity contribution >= 4 is 59.9 Å². The summed E-state index contributed by atoms with van der Waals surface area (Å²) in [6.45, 7) is 13.6. The largest absolute Gasteiger partial charge is 0.438 e. The first-order valence-electron chi connectivity index (χ1n) is 23.0. The minimum atomic E-state index is -4.77. The first kappa shape index (κ1) is 53.9. The number of rotatable bonds is 21. The van der Waals surface area contributed by atoms with Crippen LogP contribution in [0.2, 0.25) is 0 Å². The zero-order chi connectivity index (χ0) is 50.8. The fraction of sp³-hybridized carbons (Fsp3) is 0.471. The molecule has 2 aliphatic heterocycles. The maximum Gasteiger partial charge on any atom is 0.407 e. The Morgan fingerprint density at radius 1 is 0.841 bits per heavy atom. The van der Waals surface area contributed by atoms with Crippen LogP contribution < -0.4 is 21.3 Å². The van der Waals surface area contributed by atoms with Crippen LogP contribution in [0.1, 0.15) is 120 Å². The molecule has 2 aliphatic rings. The van der Waals surface area contributed by atoms with Gasteiger partial charge in [-0.3, -0.25) is 52.1 Å². The number of benzene rings is 3. The summed E-state index contributed by atoms with van der Waals surface area (Å²) in [6.07, 6.45) is 2.86. The van der Waals surface area contributed by atoms with Crippen LogP contribution in [0.3, 0.4) is 0 Å². The van der Waals surface area contributed by atoms with Gasteiger partial charge in [0.15, 0.2) is 0 Å². The van der Waals surface area contributed by atoms with Crippen LogP contribution in [0, 0.1) is 10.8 Å². The molecule has 4 N–H and O–H groups in total. The lowest BCUT2D eigenvalue weighted by atomic mass is 9.98. The first-order chi connectivity index (χ1) is 32.4. The second-order valence-electron chi connectivity index (χ2n) is 19.3. The Morgan fingerprint density at radius 2 is 1.41 bits per heavy atom. The molecule has 4 atom stereocenters. The monoisotopic (exact) mass is 972 g/mol. The molecule has 0 spiro atoms. The van der Waals surface area contributed by atoms with Crippen LogP contribution in [0.4, 0.5) is 5.69 Å². The highest BCUT2D eigenvalue weighted by Gasteiger charge is 2.45. The average Bonchev–Trinajstić information content (AvgIpc) is 3.64. The van der Waals surface area contributed by atoms with Gasteiger partial charge in [-0.2, -0.15) is 0 Å². The van der Waals surface area contributed by atoms with Crippen molar-refractivity contribution in [1.82, 2.24) is 10.6 Å². The molecule has 2 heterocycles. The number of aryl methyl sites for hydroxylation is 2. The van der Waals surface area contributed by atoms with Crippen molar-refractivity contribution in [3.05, 3.63) is 106 Å². The molecule has 69 heavy (non-hydrogen) atoms. The molecule has 18 heteroatoms. The predicted octanol–water partition coefficient (Wildman–Crippen LogP) is 6.86. The lowest BCUT2D eigenvalue weighted by Crippen LogP contribution is -2.56. The first-order valence-corrected chi connectivity index (χ1v) is 24.6. The van der Waals surface area contributed by atoms with Crippen molar-refractivity contribution in [3.63, 3.8) is 0 Å². The molecule has 0 saturated carbocycles. The van der Waals surface area contributed by atoms with Crippen molar-refractivity contribution in [1.29, 1.82) is 0 Å². The van der Waals surface area contributed by atoms with E-state index in [-0.39, 0.29) is 37.9 Å². The number of anilines is 1. The number of para-hydroxylation sites is 1. The lowest BCUT2D eigenvalue weighted by molar-refractivity contribution is -0.162. The van der Waals surface area contributed by atoms with E-state index in [0.29, 0.717) is 23.2 Å². The van der Waals surface area contributed by atoms with Gasteiger partial charge in [0.25, 0.3) is 5.52 Å². The summed E-state index contributed by atoms with van der Waals surface area (Å²) in [7, 11) is -4.77. The van der Waals surface area contributed by atoms with Crippen LogP contribution in [-0.2, 0) is 82.5 Å². The molecule has 3 aromatic rings. The third-order valence-electron chi connectivity index (χ3n) is 11.8. The summed E-state index contributed by atoms with van der Waals surface area (Å²) in [5.41, 5.74) is 7.88. The van der Waals surface area contributed by atoms with E-state index in [2.05, 4.69) is 17.6 Å². The van der Waals surface area contributed by atoms with Gasteiger partial charge in [-0.05, 0) is 114 Å². The van der Waals surface area contributed by atoms with Gasteiger partial charge in [0.1, 0.15) is 12.1 Å². The molecule has 0 radical (unpaired) electrons. The Bertz CT molecular complexity index is 2440. The van der Waals surface area contributed by atoms with E-state index in [1.807, 2.05) is 49.4 Å².